The van der Waals surface area contributed by atoms with Crippen molar-refractivity contribution in [2.45, 2.75) is 141 Å². The molecule has 7 amide bonds. The number of amides is 7. The van der Waals surface area contributed by atoms with Crippen LogP contribution < -0.4 is 71.2 Å². The van der Waals surface area contributed by atoms with Gasteiger partial charge in [0.25, 0.3) is 0 Å². The number of hydrogen-bond donors (Lipinski definition) is 16. The number of carboxylic acids is 1. The van der Waals surface area contributed by atoms with Gasteiger partial charge in [0, 0.05) is 13.1 Å². The zero-order valence-corrected chi connectivity index (χ0v) is 38.6. The molecule has 0 aromatic heterocycles. The van der Waals surface area contributed by atoms with Gasteiger partial charge in [-0.25, -0.2) is 0 Å². The third-order valence-corrected chi connectivity index (χ3v) is 10.1. The lowest BCUT2D eigenvalue weighted by Gasteiger charge is -2.28. The number of thioether (sulfide) groups is 1. The van der Waals surface area contributed by atoms with Crippen LogP contribution >= 0.6 is 11.8 Å². The second-order valence-electron chi connectivity index (χ2n) is 16.3. The van der Waals surface area contributed by atoms with Gasteiger partial charge in [0.2, 0.25) is 41.4 Å². The summed E-state index contributed by atoms with van der Waals surface area (Å²) in [5.41, 5.74) is 28.0. The molecule has 21 N–H and O–H groups in total. The molecule has 24 nitrogen and oxygen atoms in total. The molecular weight excluding hydrogens is 855 g/mol. The Bertz CT molecular complexity index is 1560. The van der Waals surface area contributed by atoms with E-state index in [1.807, 2.05) is 20.1 Å². The fourth-order valence-corrected chi connectivity index (χ4v) is 6.67. The minimum absolute atomic E-state index is 0.00693. The summed E-state index contributed by atoms with van der Waals surface area (Å²) in [5.74, 6) is -7.45. The number of unbranched alkanes of at least 4 members (excludes halogenated alkanes) is 1. The molecule has 0 aliphatic heterocycles. The van der Waals surface area contributed by atoms with Crippen LogP contribution in [0, 0.1) is 22.7 Å². The summed E-state index contributed by atoms with van der Waals surface area (Å²) in [6.45, 7) is 7.78. The molecule has 0 unspecified atom stereocenters. The normalized spacial score (nSPS) is 14.3. The van der Waals surface area contributed by atoms with Crippen LogP contribution in [0.1, 0.15) is 98.3 Å². The number of guanidine groups is 2. The maximum absolute atomic E-state index is 13.9. The highest BCUT2D eigenvalue weighted by Crippen LogP contribution is 2.11. The molecule has 0 bridgehead atoms. The molecular formula is C39H75N15O9S. The molecule has 0 heterocycles. The van der Waals surface area contributed by atoms with Crippen molar-refractivity contribution in [3.63, 3.8) is 0 Å². The van der Waals surface area contributed by atoms with E-state index in [9.17, 15) is 43.5 Å². The summed E-state index contributed by atoms with van der Waals surface area (Å²) in [5, 5.41) is 45.2. The van der Waals surface area contributed by atoms with Crippen molar-refractivity contribution < 1.29 is 43.5 Å². The average Bonchev–Trinajstić information content (AvgIpc) is 3.19. The summed E-state index contributed by atoms with van der Waals surface area (Å²) in [7, 11) is 0. The first-order chi connectivity index (χ1) is 30.0. The molecule has 0 saturated carbocycles. The van der Waals surface area contributed by atoms with Gasteiger partial charge in [-0.1, -0.05) is 27.7 Å². The summed E-state index contributed by atoms with van der Waals surface area (Å²) in [6.07, 6.45) is 2.82. The first-order valence-corrected chi connectivity index (χ1v) is 22.9. The number of hydrogen-bond acceptors (Lipinski definition) is 13. The molecule has 0 rings (SSSR count). The minimum atomic E-state index is -1.76. The second kappa shape index (κ2) is 32.3. The van der Waals surface area contributed by atoms with Gasteiger partial charge >= 0.3 is 5.97 Å². The zero-order valence-electron chi connectivity index (χ0n) is 37.8. The highest BCUT2D eigenvalue weighted by molar-refractivity contribution is 7.98. The Kier molecular flexibility index (Phi) is 29.5. The summed E-state index contributed by atoms with van der Waals surface area (Å²) >= 11 is 1.48. The lowest BCUT2D eigenvalue weighted by molar-refractivity contribution is -0.141. The Labute approximate surface area is 379 Å². The Morgan fingerprint density at radius 2 is 0.922 bits per heavy atom. The maximum atomic E-state index is 13.9. The van der Waals surface area contributed by atoms with Crippen LogP contribution in [0.15, 0.2) is 0 Å². The molecule has 0 aromatic rings. The molecule has 366 valence electrons. The van der Waals surface area contributed by atoms with Crippen LogP contribution in [-0.2, 0) is 38.4 Å². The number of carboxylic acid groups (broad SMARTS) is 1. The van der Waals surface area contributed by atoms with E-state index in [0.717, 1.165) is 0 Å². The van der Waals surface area contributed by atoms with E-state index >= 15 is 0 Å². The number of aliphatic carboxylic acids is 1. The van der Waals surface area contributed by atoms with Crippen LogP contribution in [0.3, 0.4) is 0 Å². The third-order valence-electron chi connectivity index (χ3n) is 9.50. The maximum Gasteiger partial charge on any atom is 0.305 e. The SMILES string of the molecule is CSCC[C@H](N)C(=O)N[C@@H](CCCNC(=N)N)C(=O)N[C@@H](CCCCN)C(=O)N[C@@H](CC(=O)O)C(=O)N[C@@H](CC(C)C)C(=O)N[C@@H](CCCNC(=N)N)C(=O)N[C@@H](CC(C)C)C(N)=O. The van der Waals surface area contributed by atoms with Gasteiger partial charge in [-0.3, -0.25) is 49.2 Å². The Morgan fingerprint density at radius 1 is 0.547 bits per heavy atom. The number of carbonyl (C=O) groups excluding carboxylic acids is 7. The fourth-order valence-electron chi connectivity index (χ4n) is 6.18. The molecule has 25 heteroatoms. The van der Waals surface area contributed by atoms with Gasteiger partial charge in [-0.05, 0) is 94.6 Å². The molecule has 0 radical (unpaired) electrons. The first kappa shape index (κ1) is 58.6. The van der Waals surface area contributed by atoms with E-state index in [4.69, 9.17) is 39.5 Å². The number of nitrogens with one attached hydrogen (secondary N) is 10. The molecule has 64 heavy (non-hydrogen) atoms. The number of carbonyl (C=O) groups is 8. The van der Waals surface area contributed by atoms with Gasteiger partial charge in [0.1, 0.15) is 36.3 Å². The molecule has 0 aliphatic rings. The summed E-state index contributed by atoms with van der Waals surface area (Å²) in [4.78, 5) is 106. The van der Waals surface area contributed by atoms with Crippen molar-refractivity contribution in [3.05, 3.63) is 0 Å². The van der Waals surface area contributed by atoms with Gasteiger partial charge in [-0.15, -0.1) is 0 Å². The van der Waals surface area contributed by atoms with Crippen molar-refractivity contribution in [2.75, 3.05) is 31.6 Å². The number of nitrogens with two attached hydrogens (primary N) is 5. The standard InChI is InChI=1S/C39H75N15O9S/c1-21(2)18-27(31(42)57)52-34(60)26(12-9-16-48-39(45)46)51-36(62)28(19-22(3)4)53-37(63)29(20-30(55)56)54-35(61)24(10-6-7-14-40)50-33(59)25(11-8-15-47-38(43)44)49-32(58)23(41)13-17-64-5/h21-29H,6-20,40-41H2,1-5H3,(H2,42,57)(H,49,58)(H,50,59)(H,51,62)(H,52,60)(H,53,63)(H,54,61)(H,55,56)(H4,43,44,47)(H4,45,46,48)/t23-,24-,25-,26-,27-,28-,29-/m0/s1. The van der Waals surface area contributed by atoms with Crippen molar-refractivity contribution in [1.29, 1.82) is 10.8 Å². The predicted octanol–water partition coefficient (Wildman–Crippen LogP) is -3.32. The van der Waals surface area contributed by atoms with Crippen LogP contribution in [0.2, 0.25) is 0 Å². The van der Waals surface area contributed by atoms with E-state index in [0.29, 0.717) is 25.0 Å². The largest absolute Gasteiger partial charge is 0.481 e. The second-order valence-corrected chi connectivity index (χ2v) is 17.2. The van der Waals surface area contributed by atoms with E-state index in [-0.39, 0.29) is 88.3 Å². The van der Waals surface area contributed by atoms with Crippen molar-refractivity contribution in [3.8, 4) is 0 Å². The number of rotatable bonds is 34. The van der Waals surface area contributed by atoms with Gasteiger partial charge < -0.3 is 76.3 Å². The quantitative estimate of drug-likeness (QED) is 0.0171. The molecule has 0 aliphatic carbocycles. The molecule has 0 fully saturated rings. The molecule has 0 spiro atoms. The minimum Gasteiger partial charge on any atom is -0.481 e. The predicted molar refractivity (Wildman–Crippen MR) is 244 cm³/mol. The highest BCUT2D eigenvalue weighted by Gasteiger charge is 2.34. The molecule has 0 aromatic carbocycles. The van der Waals surface area contributed by atoms with E-state index < -0.39 is 96.0 Å². The smallest absolute Gasteiger partial charge is 0.305 e. The van der Waals surface area contributed by atoms with Gasteiger partial charge in [-0.2, -0.15) is 11.8 Å². The van der Waals surface area contributed by atoms with Crippen molar-refractivity contribution in [1.82, 2.24) is 42.5 Å². The molecule has 0 saturated heterocycles. The lowest BCUT2D eigenvalue weighted by atomic mass is 10.0. The fraction of sp³-hybridized carbons (Fsp3) is 0.744. The highest BCUT2D eigenvalue weighted by atomic mass is 32.2. The topological polar surface area (TPSA) is 431 Å². The van der Waals surface area contributed by atoms with E-state index in [2.05, 4.69) is 42.5 Å². The van der Waals surface area contributed by atoms with Crippen molar-refractivity contribution >= 4 is 71.0 Å². The average molecular weight is 930 g/mol. The summed E-state index contributed by atoms with van der Waals surface area (Å²) in [6, 6.07) is -8.86. The van der Waals surface area contributed by atoms with Gasteiger partial charge in [0.05, 0.1) is 12.5 Å². The first-order valence-electron chi connectivity index (χ1n) is 21.5. The van der Waals surface area contributed by atoms with Crippen LogP contribution in [0.5, 0.6) is 0 Å². The van der Waals surface area contributed by atoms with Gasteiger partial charge in [0.15, 0.2) is 11.9 Å². The third kappa shape index (κ3) is 26.3. The van der Waals surface area contributed by atoms with Crippen LogP contribution in [0.4, 0.5) is 0 Å². The molecule has 7 atom stereocenters. The summed E-state index contributed by atoms with van der Waals surface area (Å²) < 4.78 is 0. The number of primary amides is 1. The van der Waals surface area contributed by atoms with E-state index in [1.54, 1.807) is 13.8 Å². The van der Waals surface area contributed by atoms with Crippen LogP contribution in [0.25, 0.3) is 0 Å². The van der Waals surface area contributed by atoms with Crippen LogP contribution in [-0.4, -0.2) is 138 Å². The monoisotopic (exact) mass is 930 g/mol. The Morgan fingerprint density at radius 3 is 1.33 bits per heavy atom. The Hall–Kier alpha value is -5.43. The van der Waals surface area contributed by atoms with Crippen molar-refractivity contribution in [2.24, 2.45) is 40.5 Å². The lowest BCUT2D eigenvalue weighted by Crippen LogP contribution is -2.60. The zero-order chi connectivity index (χ0) is 48.9. The Balaban J connectivity index is 6.54. The van der Waals surface area contributed by atoms with E-state index in [1.165, 1.54) is 11.8 Å².